The van der Waals surface area contributed by atoms with Gasteiger partial charge in [0, 0.05) is 45.0 Å². The number of nitrogens with one attached hydrogen (secondary N) is 1. The van der Waals surface area contributed by atoms with Crippen molar-refractivity contribution >= 4 is 11.7 Å². The Hall–Kier alpha value is -1.62. The summed E-state index contributed by atoms with van der Waals surface area (Å²) in [5.74, 6) is 1.38. The van der Waals surface area contributed by atoms with E-state index in [0.29, 0.717) is 18.5 Å². The number of aromatic nitrogens is 1. The van der Waals surface area contributed by atoms with Gasteiger partial charge in [0.25, 0.3) is 0 Å². The quantitative estimate of drug-likeness (QED) is 0.900. The van der Waals surface area contributed by atoms with E-state index >= 15 is 0 Å². The molecule has 5 nitrogen and oxygen atoms in total. The van der Waals surface area contributed by atoms with Crippen LogP contribution in [0, 0.1) is 5.41 Å². The first-order valence-electron chi connectivity index (χ1n) is 8.79. The van der Waals surface area contributed by atoms with Gasteiger partial charge in [-0.3, -0.25) is 4.79 Å². The Morgan fingerprint density at radius 2 is 2.30 bits per heavy atom. The predicted molar refractivity (Wildman–Crippen MR) is 90.4 cm³/mol. The molecule has 5 heteroatoms. The van der Waals surface area contributed by atoms with Crippen LogP contribution in [0.1, 0.15) is 36.8 Å². The fraction of sp³-hybridized carbons (Fsp3) is 0.667. The van der Waals surface area contributed by atoms with Crippen LogP contribution in [0.2, 0.25) is 0 Å². The standard InChI is InChI=1S/C18H26N4O/c1-21(2)16-14-12-22(11-6-13(14)5-9-20-16)17(23)18-7-3-4-15(18)19-10-8-18/h5,9,15,19H,3-4,6-8,10-12H2,1-2H3/t15-,18+/m1/s1. The fourth-order valence-electron chi connectivity index (χ4n) is 4.83. The van der Waals surface area contributed by atoms with Gasteiger partial charge in [-0.1, -0.05) is 6.42 Å². The van der Waals surface area contributed by atoms with Gasteiger partial charge in [0.2, 0.25) is 5.91 Å². The first-order valence-corrected chi connectivity index (χ1v) is 8.79. The first kappa shape index (κ1) is 14.9. The Morgan fingerprint density at radius 3 is 3.13 bits per heavy atom. The third-order valence-electron chi connectivity index (χ3n) is 6.01. The summed E-state index contributed by atoms with van der Waals surface area (Å²) in [5.41, 5.74) is 2.45. The van der Waals surface area contributed by atoms with E-state index in [0.717, 1.165) is 44.6 Å². The number of rotatable bonds is 2. The molecular weight excluding hydrogens is 288 g/mol. The number of hydrogen-bond donors (Lipinski definition) is 1. The Balaban J connectivity index is 1.62. The zero-order chi connectivity index (χ0) is 16.0. The lowest BCUT2D eigenvalue weighted by Crippen LogP contribution is -2.49. The average molecular weight is 314 g/mol. The minimum Gasteiger partial charge on any atom is -0.362 e. The Labute approximate surface area is 138 Å². The lowest BCUT2D eigenvalue weighted by Gasteiger charge is -2.37. The van der Waals surface area contributed by atoms with Crippen molar-refractivity contribution in [2.45, 2.75) is 44.7 Å². The topological polar surface area (TPSA) is 48.5 Å². The molecule has 1 N–H and O–H groups in total. The van der Waals surface area contributed by atoms with Crippen LogP contribution in [0.3, 0.4) is 0 Å². The maximum Gasteiger partial charge on any atom is 0.230 e. The minimum absolute atomic E-state index is 0.127. The zero-order valence-electron chi connectivity index (χ0n) is 14.1. The van der Waals surface area contributed by atoms with Gasteiger partial charge < -0.3 is 15.1 Å². The Bertz CT molecular complexity index is 617. The van der Waals surface area contributed by atoms with Gasteiger partial charge in [-0.2, -0.15) is 0 Å². The summed E-state index contributed by atoms with van der Waals surface area (Å²) in [5, 5.41) is 3.56. The lowest BCUT2D eigenvalue weighted by molar-refractivity contribution is -0.143. The molecular formula is C18H26N4O. The van der Waals surface area contributed by atoms with Crippen molar-refractivity contribution in [3.05, 3.63) is 23.4 Å². The molecule has 3 aliphatic rings. The molecule has 0 spiro atoms. The summed E-state index contributed by atoms with van der Waals surface area (Å²) < 4.78 is 0. The number of carbonyl (C=O) groups is 1. The molecule has 2 fully saturated rings. The van der Waals surface area contributed by atoms with Gasteiger partial charge in [0.05, 0.1) is 5.41 Å². The second-order valence-electron chi connectivity index (χ2n) is 7.45. The lowest BCUT2D eigenvalue weighted by atomic mass is 9.80. The van der Waals surface area contributed by atoms with Crippen molar-refractivity contribution in [1.29, 1.82) is 0 Å². The maximum absolute atomic E-state index is 13.3. The molecule has 0 radical (unpaired) electrons. The molecule has 1 amide bonds. The van der Waals surface area contributed by atoms with E-state index in [2.05, 4.69) is 26.2 Å². The average Bonchev–Trinajstić information content (AvgIpc) is 3.13. The van der Waals surface area contributed by atoms with Gasteiger partial charge in [-0.15, -0.1) is 0 Å². The van der Waals surface area contributed by atoms with Crippen LogP contribution in [-0.2, 0) is 17.8 Å². The van der Waals surface area contributed by atoms with Gasteiger partial charge >= 0.3 is 0 Å². The van der Waals surface area contributed by atoms with Gasteiger partial charge in [-0.05, 0) is 43.9 Å². The van der Waals surface area contributed by atoms with E-state index in [9.17, 15) is 4.79 Å². The molecule has 2 aliphatic heterocycles. The maximum atomic E-state index is 13.3. The number of pyridine rings is 1. The zero-order valence-corrected chi connectivity index (χ0v) is 14.1. The molecule has 0 bridgehead atoms. The monoisotopic (exact) mass is 314 g/mol. The number of fused-ring (bicyclic) bond motifs is 2. The number of nitrogens with zero attached hydrogens (tertiary/aromatic N) is 3. The highest BCUT2D eigenvalue weighted by Gasteiger charge is 2.53. The molecule has 1 saturated heterocycles. The van der Waals surface area contributed by atoms with Crippen LogP contribution in [0.25, 0.3) is 0 Å². The molecule has 3 heterocycles. The third kappa shape index (κ3) is 2.24. The summed E-state index contributed by atoms with van der Waals surface area (Å²) in [6, 6.07) is 2.51. The van der Waals surface area contributed by atoms with Gasteiger partial charge in [0.15, 0.2) is 0 Å². The van der Waals surface area contributed by atoms with E-state index < -0.39 is 0 Å². The van der Waals surface area contributed by atoms with Crippen molar-refractivity contribution in [1.82, 2.24) is 15.2 Å². The van der Waals surface area contributed by atoms with Crippen LogP contribution in [0.15, 0.2) is 12.3 Å². The highest BCUT2D eigenvalue weighted by atomic mass is 16.2. The van der Waals surface area contributed by atoms with Crippen molar-refractivity contribution < 1.29 is 4.79 Å². The highest BCUT2D eigenvalue weighted by molar-refractivity contribution is 5.85. The summed E-state index contributed by atoms with van der Waals surface area (Å²) in [6.45, 7) is 2.55. The third-order valence-corrected chi connectivity index (χ3v) is 6.01. The summed E-state index contributed by atoms with van der Waals surface area (Å²) in [4.78, 5) is 22.0. The summed E-state index contributed by atoms with van der Waals surface area (Å²) >= 11 is 0. The molecule has 0 aromatic carbocycles. The SMILES string of the molecule is CN(C)c1nccc2c1CN(C(=O)[C@]13CCC[C@H]1NCC3)CC2. The van der Waals surface area contributed by atoms with Crippen molar-refractivity contribution in [3.8, 4) is 0 Å². The molecule has 1 aliphatic carbocycles. The van der Waals surface area contributed by atoms with Crippen LogP contribution < -0.4 is 10.2 Å². The van der Waals surface area contributed by atoms with Crippen molar-refractivity contribution in [2.24, 2.45) is 5.41 Å². The Morgan fingerprint density at radius 1 is 1.43 bits per heavy atom. The smallest absolute Gasteiger partial charge is 0.230 e. The summed E-state index contributed by atoms with van der Waals surface area (Å²) in [6.07, 6.45) is 7.23. The van der Waals surface area contributed by atoms with E-state index in [1.807, 2.05) is 20.3 Å². The van der Waals surface area contributed by atoms with Crippen LogP contribution in [0.4, 0.5) is 5.82 Å². The molecule has 1 aromatic rings. The molecule has 1 aromatic heterocycles. The molecule has 2 atom stereocenters. The van der Waals surface area contributed by atoms with Crippen LogP contribution >= 0.6 is 0 Å². The second kappa shape index (κ2) is 5.48. The number of hydrogen-bond acceptors (Lipinski definition) is 4. The van der Waals surface area contributed by atoms with E-state index in [-0.39, 0.29) is 5.41 Å². The second-order valence-corrected chi connectivity index (χ2v) is 7.45. The van der Waals surface area contributed by atoms with E-state index in [4.69, 9.17) is 0 Å². The molecule has 1 saturated carbocycles. The molecule has 124 valence electrons. The van der Waals surface area contributed by atoms with Crippen LogP contribution in [-0.4, -0.2) is 49.0 Å². The minimum atomic E-state index is -0.127. The van der Waals surface area contributed by atoms with Gasteiger partial charge in [-0.25, -0.2) is 4.98 Å². The molecule has 0 unspecified atom stereocenters. The van der Waals surface area contributed by atoms with E-state index in [1.54, 1.807) is 0 Å². The summed E-state index contributed by atoms with van der Waals surface area (Å²) in [7, 11) is 4.05. The van der Waals surface area contributed by atoms with Crippen molar-refractivity contribution in [2.75, 3.05) is 32.1 Å². The van der Waals surface area contributed by atoms with Crippen LogP contribution in [0.5, 0.6) is 0 Å². The normalized spacial score (nSPS) is 29.3. The fourth-order valence-corrected chi connectivity index (χ4v) is 4.83. The number of amides is 1. The molecule has 4 rings (SSSR count). The van der Waals surface area contributed by atoms with E-state index in [1.165, 1.54) is 17.5 Å². The van der Waals surface area contributed by atoms with Crippen molar-refractivity contribution in [3.63, 3.8) is 0 Å². The first-order chi connectivity index (χ1) is 11.1. The largest absolute Gasteiger partial charge is 0.362 e. The van der Waals surface area contributed by atoms with Gasteiger partial charge in [0.1, 0.15) is 5.82 Å². The Kier molecular flexibility index (Phi) is 3.56. The predicted octanol–water partition coefficient (Wildman–Crippen LogP) is 1.56. The number of anilines is 1. The number of carbonyl (C=O) groups excluding carboxylic acids is 1. The highest BCUT2D eigenvalue weighted by Crippen LogP contribution is 2.46. The molecule has 23 heavy (non-hydrogen) atoms.